The minimum absolute atomic E-state index is 0.0829. The third kappa shape index (κ3) is 18.7. The molecule has 0 amide bonds. The zero-order valence-electron chi connectivity index (χ0n) is 94.2. The van der Waals surface area contributed by atoms with Crippen molar-refractivity contribution in [3.05, 3.63) is 431 Å². The van der Waals surface area contributed by atoms with E-state index >= 15 is 0 Å². The van der Waals surface area contributed by atoms with Crippen LogP contribution in [0.25, 0.3) is 89.0 Å². The lowest BCUT2D eigenvalue weighted by Crippen LogP contribution is -2.39. The summed E-state index contributed by atoms with van der Waals surface area (Å²) in [6.45, 7) is 50.3. The molecule has 0 heterocycles. The highest BCUT2D eigenvalue weighted by Gasteiger charge is 2.46. The summed E-state index contributed by atoms with van der Waals surface area (Å²) in [6, 6.07) is 132. The molecule has 0 radical (unpaired) electrons. The molecular formula is C141H152N4. The van der Waals surface area contributed by atoms with E-state index in [1.54, 1.807) is 0 Å². The molecule has 0 N–H and O–H groups in total. The second kappa shape index (κ2) is 38.9. The summed E-state index contributed by atoms with van der Waals surface area (Å²) in [6.07, 6.45) is 11.2. The molecule has 3 fully saturated rings. The van der Waals surface area contributed by atoms with E-state index in [9.17, 15) is 5.48 Å². The van der Waals surface area contributed by atoms with Crippen molar-refractivity contribution < 1.29 is 5.48 Å². The Morgan fingerprint density at radius 3 is 0.655 bits per heavy atom. The molecule has 23 rings (SSSR count). The average molecular weight is 1910 g/mol. The Morgan fingerprint density at radius 1 is 0.214 bits per heavy atom. The highest BCUT2D eigenvalue weighted by atomic mass is 15.2. The molecule has 4 nitrogen and oxygen atoms in total. The monoisotopic (exact) mass is 1910 g/mol. The maximum Gasteiger partial charge on any atom is 0.0495 e. The Labute approximate surface area is 874 Å². The second-order valence-corrected chi connectivity index (χ2v) is 48.0. The van der Waals surface area contributed by atoms with Crippen LogP contribution in [0.4, 0.5) is 45.5 Å². The molecule has 0 spiro atoms. The van der Waals surface area contributed by atoms with Crippen molar-refractivity contribution in [2.75, 3.05) is 19.6 Å². The zero-order valence-corrected chi connectivity index (χ0v) is 90.2. The Kier molecular flexibility index (Phi) is 25.2. The molecule has 7 aliphatic carbocycles. The molecule has 7 aliphatic rings. The van der Waals surface area contributed by atoms with E-state index in [2.05, 4.69) is 522 Å². The van der Waals surface area contributed by atoms with Gasteiger partial charge in [-0.05, 0) is 352 Å². The average Bonchev–Trinajstić information content (AvgIpc) is 1.57. The van der Waals surface area contributed by atoms with Crippen LogP contribution in [0.15, 0.2) is 364 Å². The van der Waals surface area contributed by atoms with Crippen molar-refractivity contribution in [3.8, 4) is 89.0 Å². The van der Waals surface area contributed by atoms with Gasteiger partial charge in [-0.25, -0.2) is 0 Å². The normalized spacial score (nSPS) is 17.0. The molecule has 0 bridgehead atoms. The molecule has 736 valence electrons. The van der Waals surface area contributed by atoms with Crippen LogP contribution in [-0.4, -0.2) is 22.2 Å². The molecule has 16 aromatic carbocycles. The highest BCUT2D eigenvalue weighted by Crippen LogP contribution is 2.62. The van der Waals surface area contributed by atoms with Crippen molar-refractivity contribution in [1.82, 2.24) is 0 Å². The van der Waals surface area contributed by atoms with E-state index in [1.165, 1.54) is 185 Å². The number of anilines is 8. The lowest BCUT2D eigenvalue weighted by Gasteiger charge is -2.42. The van der Waals surface area contributed by atoms with Crippen molar-refractivity contribution in [2.24, 2.45) is 0 Å². The fourth-order valence-electron chi connectivity index (χ4n) is 25.1. The van der Waals surface area contributed by atoms with E-state index in [4.69, 9.17) is 0 Å². The molecule has 0 saturated heterocycles. The number of benzene rings is 16. The van der Waals surface area contributed by atoms with Crippen molar-refractivity contribution in [1.29, 1.82) is 0 Å². The quantitative estimate of drug-likeness (QED) is 0.0956. The summed E-state index contributed by atoms with van der Waals surface area (Å²) < 4.78 is 38.2. The second-order valence-electron chi connectivity index (χ2n) is 48.0. The van der Waals surface area contributed by atoms with Gasteiger partial charge in [-0.1, -0.05) is 393 Å². The lowest BCUT2D eigenvalue weighted by molar-refractivity contribution is 0.442. The lowest BCUT2D eigenvalue weighted by atomic mass is 9.78. The first-order valence-electron chi connectivity index (χ1n) is 55.7. The first kappa shape index (κ1) is 94.0. The number of para-hydroxylation sites is 4. The van der Waals surface area contributed by atoms with Crippen LogP contribution in [-0.2, 0) is 21.7 Å². The van der Waals surface area contributed by atoms with Crippen molar-refractivity contribution in [3.63, 3.8) is 0 Å². The first-order valence-corrected chi connectivity index (χ1v) is 53.7. The van der Waals surface area contributed by atoms with E-state index < -0.39 is 23.6 Å². The summed E-state index contributed by atoms with van der Waals surface area (Å²) >= 11 is 0. The summed E-state index contributed by atoms with van der Waals surface area (Å²) in [5.74, 6) is -2.44. The fourth-order valence-corrected chi connectivity index (χ4v) is 25.1. The van der Waals surface area contributed by atoms with Gasteiger partial charge in [0.1, 0.15) is 0 Å². The van der Waals surface area contributed by atoms with E-state index in [-0.39, 0.29) is 43.8 Å². The molecule has 16 aromatic rings. The van der Waals surface area contributed by atoms with Crippen molar-refractivity contribution in [2.45, 2.75) is 290 Å². The molecule has 0 aromatic heterocycles. The first-order chi connectivity index (χ1) is 70.7. The number of nitrogens with zero attached hydrogens (tertiary/aromatic N) is 4. The standard InChI is InChI=1S/C37H41N.C36H39N.C34H35N.C34H37N/c1-36(2,3)38(34-23-15-13-20-28(34)26-16-8-6-9-17-26)35-25-33-31(24-30(35)27-18-10-7-11-19-27)29-21-12-14-22-32(29)37(33,4)5;1-35(2,3)37(33-22-14-12-19-27(33)25-15-7-6-8-16-25)34-24-32-30(23-29(34)26-17-9-10-18-26)28-20-11-13-21-31(28)36(32,4)5;1-33(2,3)35(31-18-12-10-15-25(31)23-13-7-6-8-14-23)32-22-30-28(21-27(32)24-19-20-24)26-16-9-11-17-29(26)34(30,4)5;1-23(2)27-21-28-26-18-11-13-19-29(26)34(6,7)30(28)22-32(27)35(33(3,4)5)31-20-14-12-17-25(31)24-15-9-8-10-16-24/h6,8-9,12-17,20-25,27H,7,10-11,18-19H2,1-5H3;6-8,11-16,19-24,26H,9-10,17-18H2,1-5H3;6-18,21-22,24H,19-20H2,1-5H3;8-23H,1-7H3/i27D;26D;24D;23D. The van der Waals surface area contributed by atoms with E-state index in [0.29, 0.717) is 0 Å². The van der Waals surface area contributed by atoms with Crippen LogP contribution in [0.5, 0.6) is 0 Å². The Morgan fingerprint density at radius 2 is 0.414 bits per heavy atom. The minimum Gasteiger partial charge on any atom is -0.335 e. The zero-order chi connectivity index (χ0) is 105. The van der Waals surface area contributed by atoms with Gasteiger partial charge in [-0.3, -0.25) is 0 Å². The molecular weight excluding hydrogens is 1750 g/mol. The molecule has 0 aliphatic heterocycles. The Hall–Kier alpha value is -13.3. The SMILES string of the molecule is [2H]C(C)(C)c1cc2c(cc1N(c1ccccc1-c1ccccc1)C(C)(C)C)C(C)(C)c1ccccc1-2.[2H]C1(c2cc3c(cc2N(c2ccccc2-c2ccccc2)C(C)(C)C)C(C)(C)c2ccccc2-3)CC1.[2H]C1(c2cc3c(cc2N(c2ccccc2-c2ccccc2)C(C)(C)C)C(C)(C)c2ccccc2-3)CCCC1.[2H]C1(c2cc3c(cc2N(c2ccccc2-c2ccccc2)C(C)(C)C)C(C)(C)c2ccccc2-3)CCCCC1. The molecule has 3 saturated carbocycles. The topological polar surface area (TPSA) is 13.0 Å². The van der Waals surface area contributed by atoms with Crippen LogP contribution in [0.2, 0.25) is 0 Å². The van der Waals surface area contributed by atoms with E-state index in [0.717, 1.165) is 86.7 Å². The third-order valence-electron chi connectivity index (χ3n) is 32.2. The number of fused-ring (bicyclic) bond motifs is 12. The van der Waals surface area contributed by atoms with Gasteiger partial charge < -0.3 is 19.6 Å². The molecule has 0 unspecified atom stereocenters. The Bertz CT molecular complexity index is 7470. The van der Waals surface area contributed by atoms with Crippen molar-refractivity contribution >= 4 is 45.5 Å². The van der Waals surface area contributed by atoms with Crippen LogP contribution in [0, 0.1) is 0 Å². The maximum atomic E-state index is 9.90. The summed E-state index contributed by atoms with van der Waals surface area (Å²) in [4.78, 5) is 10.0. The van der Waals surface area contributed by atoms with Gasteiger partial charge in [0.05, 0.1) is 0 Å². The fraction of sp³-hybridized carbons (Fsp3) is 0.319. The third-order valence-corrected chi connectivity index (χ3v) is 32.2. The summed E-state index contributed by atoms with van der Waals surface area (Å²) in [5.41, 5.74) is 44.0. The van der Waals surface area contributed by atoms with Crippen LogP contribution in [0.3, 0.4) is 0 Å². The van der Waals surface area contributed by atoms with Gasteiger partial charge in [-0.15, -0.1) is 0 Å². The molecule has 145 heavy (non-hydrogen) atoms. The highest BCUT2D eigenvalue weighted by molar-refractivity contribution is 5.95. The summed E-state index contributed by atoms with van der Waals surface area (Å²) in [7, 11) is 0. The van der Waals surface area contributed by atoms with Gasteiger partial charge in [0.15, 0.2) is 0 Å². The van der Waals surface area contributed by atoms with Crippen LogP contribution in [0.1, 0.15) is 319 Å². The van der Waals surface area contributed by atoms with Gasteiger partial charge in [0.25, 0.3) is 0 Å². The Balaban J connectivity index is 0.000000120. The molecule has 4 heteroatoms. The molecule has 0 atom stereocenters. The minimum atomic E-state index is -0.767. The van der Waals surface area contributed by atoms with Crippen LogP contribution < -0.4 is 19.6 Å². The van der Waals surface area contributed by atoms with Gasteiger partial charge in [-0.2, -0.15) is 0 Å². The largest absolute Gasteiger partial charge is 0.335 e. The van der Waals surface area contributed by atoms with Gasteiger partial charge in [0, 0.05) is 117 Å². The van der Waals surface area contributed by atoms with Gasteiger partial charge in [0.2, 0.25) is 0 Å². The number of hydrogen-bond acceptors (Lipinski definition) is 4. The predicted octanol–water partition coefficient (Wildman–Crippen LogP) is 40.1. The van der Waals surface area contributed by atoms with Gasteiger partial charge >= 0.3 is 0 Å². The maximum absolute atomic E-state index is 9.90. The number of hydrogen-bond donors (Lipinski definition) is 0. The number of rotatable bonds is 16. The smallest absolute Gasteiger partial charge is 0.0495 e. The predicted molar refractivity (Wildman–Crippen MR) is 624 cm³/mol. The van der Waals surface area contributed by atoms with Crippen LogP contribution >= 0.6 is 0 Å². The van der Waals surface area contributed by atoms with E-state index in [1.807, 2.05) is 13.8 Å². The summed E-state index contributed by atoms with van der Waals surface area (Å²) in [5, 5.41) is 0.